The van der Waals surface area contributed by atoms with Gasteiger partial charge in [0.15, 0.2) is 17.3 Å². The molecule has 172 valence electrons. The number of aromatic nitrogens is 1. The molecule has 1 aromatic heterocycles. The number of carbonyl (C=O) groups excluding carboxylic acids is 2. The molecule has 1 N–H and O–H groups in total. The first kappa shape index (κ1) is 21.6. The first-order valence-corrected chi connectivity index (χ1v) is 11.8. The monoisotopic (exact) mass is 446 g/mol. The van der Waals surface area contributed by atoms with Crippen LogP contribution in [-0.2, 0) is 11.3 Å². The number of nitrogens with one attached hydrogen (secondary N) is 1. The number of Topliss-reactive ketones (excluding diaryl/α,β-unsaturated/α-hetero) is 1. The number of carbonyl (C=O) groups is 2. The number of rotatable bonds is 7. The van der Waals surface area contributed by atoms with E-state index in [0.29, 0.717) is 13.2 Å². The average Bonchev–Trinajstić information content (AvgIpc) is 3.62. The zero-order chi connectivity index (χ0) is 22.9. The van der Waals surface area contributed by atoms with Crippen molar-refractivity contribution in [1.29, 1.82) is 0 Å². The van der Waals surface area contributed by atoms with Gasteiger partial charge < -0.3 is 19.4 Å². The van der Waals surface area contributed by atoms with Crippen molar-refractivity contribution in [2.45, 2.75) is 45.7 Å². The Morgan fingerprint density at radius 3 is 2.58 bits per heavy atom. The summed E-state index contributed by atoms with van der Waals surface area (Å²) in [6.45, 7) is 5.60. The maximum Gasteiger partial charge on any atom is 0.240 e. The molecule has 1 saturated carbocycles. The van der Waals surface area contributed by atoms with Crippen LogP contribution in [-0.4, -0.2) is 29.5 Å². The summed E-state index contributed by atoms with van der Waals surface area (Å²) >= 11 is 0. The van der Waals surface area contributed by atoms with Crippen molar-refractivity contribution < 1.29 is 19.1 Å². The minimum atomic E-state index is -0.163. The second-order valence-electron chi connectivity index (χ2n) is 9.37. The highest BCUT2D eigenvalue weighted by Gasteiger charge is 2.32. The van der Waals surface area contributed by atoms with Crippen LogP contribution in [0.25, 0.3) is 10.9 Å². The van der Waals surface area contributed by atoms with Crippen LogP contribution >= 0.6 is 0 Å². The number of fused-ring (bicyclic) bond motifs is 2. The van der Waals surface area contributed by atoms with Crippen LogP contribution in [0.1, 0.15) is 55.1 Å². The van der Waals surface area contributed by atoms with Gasteiger partial charge in [0.2, 0.25) is 5.91 Å². The molecule has 6 heteroatoms. The molecule has 1 amide bonds. The Labute approximate surface area is 193 Å². The fourth-order valence-corrected chi connectivity index (χ4v) is 4.52. The summed E-state index contributed by atoms with van der Waals surface area (Å²) in [6.07, 6.45) is 4.63. The van der Waals surface area contributed by atoms with Crippen molar-refractivity contribution in [2.24, 2.45) is 11.8 Å². The Morgan fingerprint density at radius 1 is 1.06 bits per heavy atom. The van der Waals surface area contributed by atoms with Gasteiger partial charge in [0.1, 0.15) is 6.54 Å². The van der Waals surface area contributed by atoms with Crippen LogP contribution in [0, 0.1) is 11.8 Å². The number of hydrogen-bond donors (Lipinski definition) is 1. The molecule has 0 radical (unpaired) electrons. The average molecular weight is 447 g/mol. The third-order valence-corrected chi connectivity index (χ3v) is 6.43. The number of amides is 1. The van der Waals surface area contributed by atoms with Crippen molar-refractivity contribution in [3.05, 3.63) is 59.8 Å². The highest BCUT2D eigenvalue weighted by Crippen LogP contribution is 2.36. The van der Waals surface area contributed by atoms with Crippen molar-refractivity contribution in [1.82, 2.24) is 9.88 Å². The second kappa shape index (κ2) is 8.93. The van der Waals surface area contributed by atoms with Gasteiger partial charge in [-0.05, 0) is 42.5 Å². The molecule has 1 aliphatic heterocycles. The maximum absolute atomic E-state index is 13.1. The van der Waals surface area contributed by atoms with E-state index in [-0.39, 0.29) is 36.1 Å². The minimum Gasteiger partial charge on any atom is -0.490 e. The molecule has 5 rings (SSSR count). The van der Waals surface area contributed by atoms with Gasteiger partial charge in [-0.3, -0.25) is 9.59 Å². The summed E-state index contributed by atoms with van der Waals surface area (Å²) in [4.78, 5) is 25.9. The standard InChI is InChI=1S/C27H30N2O4/c1-17(2)26(19-10-11-23-24(14-19)33-13-5-12-32-23)28-25(30)16-29-15-21(27(31)18-8-9-18)20-6-3-4-7-22(20)29/h3-4,6-7,10-11,14-15,17-18,26H,5,8-9,12-13,16H2,1-2H3,(H,28,30). The highest BCUT2D eigenvalue weighted by molar-refractivity contribution is 6.10. The van der Waals surface area contributed by atoms with Gasteiger partial charge in [0.05, 0.1) is 19.3 Å². The number of hydrogen-bond acceptors (Lipinski definition) is 4. The topological polar surface area (TPSA) is 69.6 Å². The van der Waals surface area contributed by atoms with Gasteiger partial charge in [0, 0.05) is 35.0 Å². The first-order chi connectivity index (χ1) is 16.0. The van der Waals surface area contributed by atoms with E-state index in [4.69, 9.17) is 9.47 Å². The molecular formula is C27H30N2O4. The summed E-state index contributed by atoms with van der Waals surface area (Å²) in [5, 5.41) is 4.12. The van der Waals surface area contributed by atoms with E-state index in [1.54, 1.807) is 0 Å². The lowest BCUT2D eigenvalue weighted by atomic mass is 9.95. The lowest BCUT2D eigenvalue weighted by Crippen LogP contribution is -2.34. The van der Waals surface area contributed by atoms with E-state index >= 15 is 0 Å². The summed E-state index contributed by atoms with van der Waals surface area (Å²) in [5.74, 6) is 1.90. The van der Waals surface area contributed by atoms with Gasteiger partial charge >= 0.3 is 0 Å². The third-order valence-electron chi connectivity index (χ3n) is 6.43. The van der Waals surface area contributed by atoms with E-state index in [0.717, 1.165) is 52.8 Å². The molecular weight excluding hydrogens is 416 g/mol. The SMILES string of the molecule is CC(C)C(NC(=O)Cn1cc(C(=O)C2CC2)c2ccccc21)c1ccc2c(c1)OCCCO2. The molecule has 3 aromatic rings. The molecule has 6 nitrogen and oxygen atoms in total. The van der Waals surface area contributed by atoms with Crippen LogP contribution in [0.15, 0.2) is 48.7 Å². The number of para-hydroxylation sites is 1. The highest BCUT2D eigenvalue weighted by atomic mass is 16.5. The van der Waals surface area contributed by atoms with Gasteiger partial charge in [0.25, 0.3) is 0 Å². The van der Waals surface area contributed by atoms with Crippen LogP contribution < -0.4 is 14.8 Å². The molecule has 2 aromatic carbocycles. The minimum absolute atomic E-state index is 0.0908. The van der Waals surface area contributed by atoms with Crippen molar-refractivity contribution >= 4 is 22.6 Å². The molecule has 0 saturated heterocycles. The van der Waals surface area contributed by atoms with Crippen LogP contribution in [0.4, 0.5) is 0 Å². The Bertz CT molecular complexity index is 1190. The summed E-state index contributed by atoms with van der Waals surface area (Å²) in [5.41, 5.74) is 2.63. The molecule has 1 unspecified atom stereocenters. The molecule has 2 aliphatic rings. The lowest BCUT2D eigenvalue weighted by Gasteiger charge is -2.24. The van der Waals surface area contributed by atoms with E-state index in [2.05, 4.69) is 19.2 Å². The molecule has 1 atom stereocenters. The summed E-state index contributed by atoms with van der Waals surface area (Å²) in [7, 11) is 0. The molecule has 1 aliphatic carbocycles. The zero-order valence-electron chi connectivity index (χ0n) is 19.2. The fourth-order valence-electron chi connectivity index (χ4n) is 4.52. The van der Waals surface area contributed by atoms with Gasteiger partial charge in [-0.25, -0.2) is 0 Å². The predicted octanol–water partition coefficient (Wildman–Crippen LogP) is 4.91. The molecule has 1 fully saturated rings. The fraction of sp³-hybridized carbons (Fsp3) is 0.407. The molecule has 0 spiro atoms. The van der Waals surface area contributed by atoms with E-state index in [1.165, 1.54) is 0 Å². The Hall–Kier alpha value is -3.28. The Balaban J connectivity index is 1.37. The van der Waals surface area contributed by atoms with E-state index in [1.807, 2.05) is 53.2 Å². The molecule has 33 heavy (non-hydrogen) atoms. The van der Waals surface area contributed by atoms with E-state index in [9.17, 15) is 9.59 Å². The Kier molecular flexibility index (Phi) is 5.83. The van der Waals surface area contributed by atoms with Gasteiger partial charge in [-0.1, -0.05) is 38.1 Å². The van der Waals surface area contributed by atoms with Crippen molar-refractivity contribution in [3.63, 3.8) is 0 Å². The second-order valence-corrected chi connectivity index (χ2v) is 9.37. The quantitative estimate of drug-likeness (QED) is 0.524. The number of ether oxygens (including phenoxy) is 2. The maximum atomic E-state index is 13.1. The molecule has 2 heterocycles. The summed E-state index contributed by atoms with van der Waals surface area (Å²) in [6, 6.07) is 13.5. The summed E-state index contributed by atoms with van der Waals surface area (Å²) < 4.78 is 13.5. The lowest BCUT2D eigenvalue weighted by molar-refractivity contribution is -0.122. The molecule has 0 bridgehead atoms. The van der Waals surface area contributed by atoms with Crippen LogP contribution in [0.5, 0.6) is 11.5 Å². The van der Waals surface area contributed by atoms with E-state index < -0.39 is 0 Å². The van der Waals surface area contributed by atoms with Crippen molar-refractivity contribution in [2.75, 3.05) is 13.2 Å². The smallest absolute Gasteiger partial charge is 0.240 e. The number of benzene rings is 2. The number of nitrogens with zero attached hydrogens (tertiary/aromatic N) is 1. The van der Waals surface area contributed by atoms with Gasteiger partial charge in [-0.15, -0.1) is 0 Å². The normalized spacial score (nSPS) is 16.5. The number of ketones is 1. The largest absolute Gasteiger partial charge is 0.490 e. The van der Waals surface area contributed by atoms with Crippen molar-refractivity contribution in [3.8, 4) is 11.5 Å². The first-order valence-electron chi connectivity index (χ1n) is 11.8. The van der Waals surface area contributed by atoms with Gasteiger partial charge in [-0.2, -0.15) is 0 Å². The Morgan fingerprint density at radius 2 is 1.82 bits per heavy atom. The predicted molar refractivity (Wildman–Crippen MR) is 127 cm³/mol. The zero-order valence-corrected chi connectivity index (χ0v) is 19.2. The van der Waals surface area contributed by atoms with Crippen LogP contribution in [0.3, 0.4) is 0 Å². The van der Waals surface area contributed by atoms with Crippen LogP contribution in [0.2, 0.25) is 0 Å². The third kappa shape index (κ3) is 4.47.